The number of aliphatic hydroxyl groups is 2. The molecular formula is C14H16O5. The first-order chi connectivity index (χ1) is 9.24. The van der Waals surface area contributed by atoms with Crippen molar-refractivity contribution in [3.63, 3.8) is 0 Å². The van der Waals surface area contributed by atoms with Gasteiger partial charge in [0, 0.05) is 0 Å². The summed E-state index contributed by atoms with van der Waals surface area (Å²) in [5, 5.41) is 28.8. The van der Waals surface area contributed by atoms with Crippen LogP contribution in [0.2, 0.25) is 0 Å². The van der Waals surface area contributed by atoms with Crippen LogP contribution in [0.15, 0.2) is 30.3 Å². The molecule has 0 atom stereocenters. The van der Waals surface area contributed by atoms with Crippen molar-refractivity contribution in [2.24, 2.45) is 0 Å². The number of phenolic OH excluding ortho intramolecular Hbond substituents is 1. The van der Waals surface area contributed by atoms with Gasteiger partial charge < -0.3 is 24.8 Å². The molecule has 0 aliphatic carbocycles. The normalized spacial score (nSPS) is 10.6. The Hall–Kier alpha value is -1.98. The summed E-state index contributed by atoms with van der Waals surface area (Å²) in [7, 11) is 0. The van der Waals surface area contributed by atoms with E-state index in [4.69, 9.17) is 19.7 Å². The highest BCUT2D eigenvalue weighted by Crippen LogP contribution is 2.34. The first-order valence-electron chi connectivity index (χ1n) is 5.98. The molecule has 102 valence electrons. The van der Waals surface area contributed by atoms with Gasteiger partial charge in [-0.25, -0.2) is 0 Å². The second-order valence-corrected chi connectivity index (χ2v) is 3.97. The van der Waals surface area contributed by atoms with Crippen molar-refractivity contribution in [1.29, 1.82) is 0 Å². The van der Waals surface area contributed by atoms with Crippen molar-refractivity contribution in [1.82, 2.24) is 0 Å². The molecule has 5 nitrogen and oxygen atoms in total. The van der Waals surface area contributed by atoms with E-state index in [0.717, 1.165) is 10.8 Å². The van der Waals surface area contributed by atoms with Crippen molar-refractivity contribution >= 4 is 10.8 Å². The Labute approximate surface area is 110 Å². The maximum absolute atomic E-state index is 9.46. The molecule has 0 spiro atoms. The van der Waals surface area contributed by atoms with Gasteiger partial charge in [0.05, 0.1) is 13.2 Å². The van der Waals surface area contributed by atoms with E-state index in [1.54, 1.807) is 30.3 Å². The van der Waals surface area contributed by atoms with Crippen LogP contribution in [-0.2, 0) is 0 Å². The minimum atomic E-state index is -0.0997. The summed E-state index contributed by atoms with van der Waals surface area (Å²) in [6.07, 6.45) is 0. The number of aliphatic hydroxyl groups excluding tert-OH is 2. The second-order valence-electron chi connectivity index (χ2n) is 3.97. The number of rotatable bonds is 6. The maximum Gasteiger partial charge on any atom is 0.161 e. The molecular weight excluding hydrogens is 248 g/mol. The van der Waals surface area contributed by atoms with Crippen LogP contribution in [0.4, 0.5) is 0 Å². The van der Waals surface area contributed by atoms with Crippen molar-refractivity contribution in [3.05, 3.63) is 30.3 Å². The zero-order valence-corrected chi connectivity index (χ0v) is 10.4. The molecule has 0 fully saturated rings. The summed E-state index contributed by atoms with van der Waals surface area (Å²) in [5.74, 6) is 1.14. The summed E-state index contributed by atoms with van der Waals surface area (Å²) in [6.45, 7) is 0.128. The fourth-order valence-corrected chi connectivity index (χ4v) is 1.78. The Kier molecular flexibility index (Phi) is 4.43. The molecule has 3 N–H and O–H groups in total. The van der Waals surface area contributed by atoms with Gasteiger partial charge in [-0.1, -0.05) is 6.07 Å². The maximum atomic E-state index is 9.46. The lowest BCUT2D eigenvalue weighted by molar-refractivity contribution is 0.178. The number of hydrogen-bond donors (Lipinski definition) is 3. The van der Waals surface area contributed by atoms with Gasteiger partial charge >= 0.3 is 0 Å². The predicted octanol–water partition coefficient (Wildman–Crippen LogP) is 1.29. The molecule has 2 rings (SSSR count). The van der Waals surface area contributed by atoms with Crippen molar-refractivity contribution in [2.45, 2.75) is 0 Å². The fraction of sp³-hybridized carbons (Fsp3) is 0.286. The predicted molar refractivity (Wildman–Crippen MR) is 70.8 cm³/mol. The van der Waals surface area contributed by atoms with Crippen molar-refractivity contribution in [2.75, 3.05) is 26.4 Å². The van der Waals surface area contributed by atoms with Gasteiger partial charge in [0.15, 0.2) is 11.5 Å². The second kappa shape index (κ2) is 6.26. The summed E-state index contributed by atoms with van der Waals surface area (Å²) in [5.41, 5.74) is 0. The summed E-state index contributed by atoms with van der Waals surface area (Å²) in [6, 6.07) is 8.49. The molecule has 2 aromatic carbocycles. The lowest BCUT2D eigenvalue weighted by Crippen LogP contribution is -2.06. The monoisotopic (exact) mass is 264 g/mol. The summed E-state index contributed by atoms with van der Waals surface area (Å²) >= 11 is 0. The highest BCUT2D eigenvalue weighted by atomic mass is 16.5. The summed E-state index contributed by atoms with van der Waals surface area (Å²) < 4.78 is 10.8. The van der Waals surface area contributed by atoms with Crippen LogP contribution >= 0.6 is 0 Å². The molecule has 0 bridgehead atoms. The minimum absolute atomic E-state index is 0.0902. The zero-order valence-electron chi connectivity index (χ0n) is 10.4. The fourth-order valence-electron chi connectivity index (χ4n) is 1.78. The number of fused-ring (bicyclic) bond motifs is 1. The van der Waals surface area contributed by atoms with Crippen LogP contribution < -0.4 is 9.47 Å². The van der Waals surface area contributed by atoms with E-state index >= 15 is 0 Å². The van der Waals surface area contributed by atoms with Crippen LogP contribution in [0.25, 0.3) is 10.8 Å². The number of hydrogen-bond acceptors (Lipinski definition) is 5. The first kappa shape index (κ1) is 13.5. The molecule has 2 aromatic rings. The average Bonchev–Trinajstić information content (AvgIpc) is 2.42. The zero-order chi connectivity index (χ0) is 13.7. The van der Waals surface area contributed by atoms with Crippen LogP contribution in [0.3, 0.4) is 0 Å². The lowest BCUT2D eigenvalue weighted by atomic mass is 10.1. The molecule has 19 heavy (non-hydrogen) atoms. The van der Waals surface area contributed by atoms with Gasteiger partial charge in [-0.05, 0) is 35.0 Å². The molecule has 0 aromatic heterocycles. The van der Waals surface area contributed by atoms with E-state index in [1.807, 2.05) is 0 Å². The quantitative estimate of drug-likeness (QED) is 0.732. The molecule has 0 saturated heterocycles. The number of benzene rings is 2. The highest BCUT2D eigenvalue weighted by Gasteiger charge is 2.08. The minimum Gasteiger partial charge on any atom is -0.508 e. The van der Waals surface area contributed by atoms with Gasteiger partial charge in [0.25, 0.3) is 0 Å². The SMILES string of the molecule is OCCOc1cc2ccc(O)cc2cc1OCCO. The van der Waals surface area contributed by atoms with Gasteiger partial charge in [-0.2, -0.15) is 0 Å². The Morgan fingerprint density at radius 2 is 1.37 bits per heavy atom. The number of phenols is 1. The third kappa shape index (κ3) is 3.27. The Balaban J connectivity index is 2.40. The van der Waals surface area contributed by atoms with Gasteiger partial charge in [-0.3, -0.25) is 0 Å². The first-order valence-corrected chi connectivity index (χ1v) is 5.98. The van der Waals surface area contributed by atoms with Crippen LogP contribution in [0, 0.1) is 0 Å². The Morgan fingerprint density at radius 3 is 1.95 bits per heavy atom. The molecule has 0 aliphatic rings. The molecule has 0 heterocycles. The van der Waals surface area contributed by atoms with Gasteiger partial charge in [0.2, 0.25) is 0 Å². The van der Waals surface area contributed by atoms with E-state index in [-0.39, 0.29) is 32.2 Å². The summed E-state index contributed by atoms with van der Waals surface area (Å²) in [4.78, 5) is 0. The largest absolute Gasteiger partial charge is 0.508 e. The van der Waals surface area contributed by atoms with Gasteiger partial charge in [0.1, 0.15) is 19.0 Å². The number of aromatic hydroxyl groups is 1. The van der Waals surface area contributed by atoms with Gasteiger partial charge in [-0.15, -0.1) is 0 Å². The Bertz CT molecular complexity index is 553. The van der Waals surface area contributed by atoms with Crippen LogP contribution in [0.1, 0.15) is 0 Å². The topological polar surface area (TPSA) is 79.2 Å². The smallest absolute Gasteiger partial charge is 0.161 e. The van der Waals surface area contributed by atoms with E-state index in [0.29, 0.717) is 11.5 Å². The Morgan fingerprint density at radius 1 is 0.789 bits per heavy atom. The molecule has 0 unspecified atom stereocenters. The lowest BCUT2D eigenvalue weighted by Gasteiger charge is -2.13. The van der Waals surface area contributed by atoms with E-state index in [2.05, 4.69) is 0 Å². The molecule has 0 saturated carbocycles. The van der Waals surface area contributed by atoms with Crippen molar-refractivity contribution in [3.8, 4) is 17.2 Å². The van der Waals surface area contributed by atoms with E-state index in [1.165, 1.54) is 0 Å². The molecule has 0 aliphatic heterocycles. The third-order valence-corrected chi connectivity index (χ3v) is 2.58. The van der Waals surface area contributed by atoms with E-state index < -0.39 is 0 Å². The molecule has 5 heteroatoms. The number of ether oxygens (including phenoxy) is 2. The van der Waals surface area contributed by atoms with Crippen molar-refractivity contribution < 1.29 is 24.8 Å². The standard InChI is InChI=1S/C14H16O5/c15-3-5-18-13-8-10-1-2-12(17)7-11(10)9-14(13)19-6-4-16/h1-2,7-9,15-17H,3-6H2. The molecule has 0 radical (unpaired) electrons. The van der Waals surface area contributed by atoms with E-state index in [9.17, 15) is 5.11 Å². The average molecular weight is 264 g/mol. The third-order valence-electron chi connectivity index (χ3n) is 2.58. The highest BCUT2D eigenvalue weighted by molar-refractivity contribution is 5.87. The van der Waals surface area contributed by atoms with Crippen LogP contribution in [-0.4, -0.2) is 41.7 Å². The molecule has 0 amide bonds. The van der Waals surface area contributed by atoms with Crippen LogP contribution in [0.5, 0.6) is 17.2 Å².